The van der Waals surface area contributed by atoms with Gasteiger partial charge in [0.1, 0.15) is 11.3 Å². The minimum atomic E-state index is -0.160. The van der Waals surface area contributed by atoms with E-state index >= 15 is 0 Å². The largest absolute Gasteiger partial charge is 0.367 e. The summed E-state index contributed by atoms with van der Waals surface area (Å²) in [7, 11) is 0. The van der Waals surface area contributed by atoms with Crippen LogP contribution in [0.3, 0.4) is 0 Å². The monoisotopic (exact) mass is 417 g/mol. The second-order valence-electron chi connectivity index (χ2n) is 6.42. The fourth-order valence-electron chi connectivity index (χ4n) is 3.03. The predicted octanol–water partition coefficient (Wildman–Crippen LogP) is 3.78. The lowest BCUT2D eigenvalue weighted by Gasteiger charge is -2.09. The molecule has 26 heavy (non-hydrogen) atoms. The lowest BCUT2D eigenvalue weighted by atomic mass is 10.0. The SMILES string of the molecule is CCc1cc(CNc2cc3nnn(CCCCBr)c3c(=O)[nH]2)ccc1C. The number of aromatic amines is 1. The number of nitrogens with one attached hydrogen (secondary N) is 2. The molecule has 0 radical (unpaired) electrons. The Bertz CT molecular complexity index is 947. The topological polar surface area (TPSA) is 75.6 Å². The molecule has 0 unspecified atom stereocenters. The first-order chi connectivity index (χ1) is 12.6. The number of fused-ring (bicyclic) bond motifs is 1. The average Bonchev–Trinajstić information content (AvgIpc) is 3.05. The zero-order valence-corrected chi connectivity index (χ0v) is 16.8. The zero-order chi connectivity index (χ0) is 18.5. The summed E-state index contributed by atoms with van der Waals surface area (Å²) in [5.41, 5.74) is 4.84. The highest BCUT2D eigenvalue weighted by Crippen LogP contribution is 2.15. The number of H-pyrrole nitrogens is 1. The van der Waals surface area contributed by atoms with Crippen LogP contribution in [0.1, 0.15) is 36.5 Å². The van der Waals surface area contributed by atoms with Gasteiger partial charge in [0, 0.05) is 24.5 Å². The van der Waals surface area contributed by atoms with Crippen molar-refractivity contribution in [1.29, 1.82) is 0 Å². The van der Waals surface area contributed by atoms with Crippen LogP contribution in [0.15, 0.2) is 29.1 Å². The third kappa shape index (κ3) is 4.15. The molecule has 2 N–H and O–H groups in total. The van der Waals surface area contributed by atoms with Gasteiger partial charge in [-0.15, -0.1) is 5.10 Å². The Morgan fingerprint density at radius 1 is 1.27 bits per heavy atom. The number of anilines is 1. The second kappa shape index (κ2) is 8.49. The molecule has 0 saturated heterocycles. The smallest absolute Gasteiger partial charge is 0.277 e. The van der Waals surface area contributed by atoms with Gasteiger partial charge in [-0.05, 0) is 42.9 Å². The Hall–Kier alpha value is -2.15. The second-order valence-corrected chi connectivity index (χ2v) is 7.22. The molecule has 3 rings (SSSR count). The first kappa shape index (κ1) is 18.6. The maximum absolute atomic E-state index is 12.5. The van der Waals surface area contributed by atoms with E-state index in [1.54, 1.807) is 4.68 Å². The number of halogens is 1. The Morgan fingerprint density at radius 3 is 2.88 bits per heavy atom. The van der Waals surface area contributed by atoms with Crippen molar-refractivity contribution in [3.63, 3.8) is 0 Å². The van der Waals surface area contributed by atoms with E-state index in [2.05, 4.69) is 68.6 Å². The van der Waals surface area contributed by atoms with E-state index in [4.69, 9.17) is 0 Å². The van der Waals surface area contributed by atoms with Gasteiger partial charge in [-0.1, -0.05) is 46.3 Å². The highest BCUT2D eigenvalue weighted by Gasteiger charge is 2.10. The van der Waals surface area contributed by atoms with Gasteiger partial charge in [0.05, 0.1) is 0 Å². The van der Waals surface area contributed by atoms with Crippen molar-refractivity contribution in [3.05, 3.63) is 51.3 Å². The number of alkyl halides is 1. The Labute approximate surface area is 161 Å². The lowest BCUT2D eigenvalue weighted by Crippen LogP contribution is -2.14. The number of aryl methyl sites for hydroxylation is 3. The van der Waals surface area contributed by atoms with Crippen molar-refractivity contribution < 1.29 is 0 Å². The zero-order valence-electron chi connectivity index (χ0n) is 15.2. The summed E-state index contributed by atoms with van der Waals surface area (Å²) >= 11 is 3.42. The maximum atomic E-state index is 12.5. The first-order valence-corrected chi connectivity index (χ1v) is 10.1. The number of benzene rings is 1. The Balaban J connectivity index is 1.76. The molecule has 1 aromatic carbocycles. The number of unbranched alkanes of at least 4 members (excludes halogenated alkanes) is 1. The van der Waals surface area contributed by atoms with E-state index < -0.39 is 0 Å². The van der Waals surface area contributed by atoms with Crippen LogP contribution in [0.5, 0.6) is 0 Å². The van der Waals surface area contributed by atoms with Crippen LogP contribution in [0, 0.1) is 6.92 Å². The molecule has 7 heteroatoms. The van der Waals surface area contributed by atoms with Crippen LogP contribution >= 0.6 is 15.9 Å². The molecule has 0 saturated carbocycles. The molecular formula is C19H24BrN5O. The minimum absolute atomic E-state index is 0.160. The molecular weight excluding hydrogens is 394 g/mol. The number of aromatic nitrogens is 4. The van der Waals surface area contributed by atoms with Crippen LogP contribution in [0.4, 0.5) is 5.82 Å². The molecule has 0 aliphatic rings. The van der Waals surface area contributed by atoms with Gasteiger partial charge in [-0.25, -0.2) is 4.68 Å². The fraction of sp³-hybridized carbons (Fsp3) is 0.421. The number of rotatable bonds is 8. The van der Waals surface area contributed by atoms with Gasteiger partial charge < -0.3 is 10.3 Å². The van der Waals surface area contributed by atoms with Crippen molar-refractivity contribution in [2.45, 2.75) is 46.2 Å². The predicted molar refractivity (Wildman–Crippen MR) is 109 cm³/mol. The Kier molecular flexibility index (Phi) is 6.08. The van der Waals surface area contributed by atoms with Crippen LogP contribution in [0.25, 0.3) is 11.0 Å². The molecule has 6 nitrogen and oxygen atoms in total. The molecule has 3 aromatic rings. The number of pyridine rings is 1. The van der Waals surface area contributed by atoms with E-state index in [0.29, 0.717) is 29.9 Å². The van der Waals surface area contributed by atoms with Gasteiger partial charge in [-0.3, -0.25) is 4.79 Å². The van der Waals surface area contributed by atoms with Gasteiger partial charge in [0.15, 0.2) is 5.52 Å². The lowest BCUT2D eigenvalue weighted by molar-refractivity contribution is 0.569. The van der Waals surface area contributed by atoms with Crippen molar-refractivity contribution >= 4 is 32.8 Å². The van der Waals surface area contributed by atoms with Gasteiger partial charge in [-0.2, -0.15) is 0 Å². The summed E-state index contributed by atoms with van der Waals surface area (Å²) in [5.74, 6) is 0.661. The summed E-state index contributed by atoms with van der Waals surface area (Å²) in [5, 5.41) is 12.5. The van der Waals surface area contributed by atoms with Gasteiger partial charge in [0.2, 0.25) is 0 Å². The standard InChI is InChI=1S/C19H24BrN5O/c1-3-15-10-14(7-6-13(15)2)12-21-17-11-16-18(19(26)22-17)25(24-23-16)9-5-4-8-20/h6-7,10-11H,3-5,8-9,12H2,1-2H3,(H2,21,22,26). The van der Waals surface area contributed by atoms with Gasteiger partial charge in [0.25, 0.3) is 5.56 Å². The summed E-state index contributed by atoms with van der Waals surface area (Å²) in [4.78, 5) is 15.4. The summed E-state index contributed by atoms with van der Waals surface area (Å²) in [6.07, 6.45) is 3.01. The molecule has 0 atom stereocenters. The van der Waals surface area contributed by atoms with E-state index in [0.717, 1.165) is 24.6 Å². The first-order valence-electron chi connectivity index (χ1n) is 8.97. The number of hydrogen-bond donors (Lipinski definition) is 2. The minimum Gasteiger partial charge on any atom is -0.367 e. The van der Waals surface area contributed by atoms with Crippen molar-refractivity contribution in [2.75, 3.05) is 10.6 Å². The molecule has 2 aromatic heterocycles. The molecule has 0 bridgehead atoms. The molecule has 138 valence electrons. The van der Waals surface area contributed by atoms with E-state index in [9.17, 15) is 4.79 Å². The van der Waals surface area contributed by atoms with Gasteiger partial charge >= 0.3 is 0 Å². The van der Waals surface area contributed by atoms with Crippen LogP contribution < -0.4 is 10.9 Å². The highest BCUT2D eigenvalue weighted by atomic mass is 79.9. The van der Waals surface area contributed by atoms with Crippen LogP contribution in [0.2, 0.25) is 0 Å². The van der Waals surface area contributed by atoms with E-state index in [1.807, 2.05) is 6.07 Å². The molecule has 0 aliphatic heterocycles. The molecule has 0 fully saturated rings. The van der Waals surface area contributed by atoms with Crippen LogP contribution in [-0.4, -0.2) is 25.3 Å². The maximum Gasteiger partial charge on any atom is 0.277 e. The quantitative estimate of drug-likeness (QED) is 0.431. The third-order valence-corrected chi connectivity index (χ3v) is 5.10. The van der Waals surface area contributed by atoms with Crippen molar-refractivity contribution in [1.82, 2.24) is 20.0 Å². The summed E-state index contributed by atoms with van der Waals surface area (Å²) in [6.45, 7) is 5.63. The van der Waals surface area contributed by atoms with Crippen LogP contribution in [-0.2, 0) is 19.5 Å². The third-order valence-electron chi connectivity index (χ3n) is 4.54. The van der Waals surface area contributed by atoms with E-state index in [-0.39, 0.29) is 5.56 Å². The molecule has 2 heterocycles. The summed E-state index contributed by atoms with van der Waals surface area (Å²) < 4.78 is 1.69. The number of hydrogen-bond acceptors (Lipinski definition) is 4. The highest BCUT2D eigenvalue weighted by molar-refractivity contribution is 9.09. The van der Waals surface area contributed by atoms with Crippen molar-refractivity contribution in [3.8, 4) is 0 Å². The number of nitrogens with zero attached hydrogens (tertiary/aromatic N) is 3. The molecule has 0 spiro atoms. The fourth-order valence-corrected chi connectivity index (χ4v) is 3.43. The van der Waals surface area contributed by atoms with E-state index in [1.165, 1.54) is 16.7 Å². The Morgan fingerprint density at radius 2 is 2.12 bits per heavy atom. The normalized spacial score (nSPS) is 11.2. The molecule has 0 amide bonds. The summed E-state index contributed by atoms with van der Waals surface area (Å²) in [6, 6.07) is 8.30. The molecule has 0 aliphatic carbocycles. The van der Waals surface area contributed by atoms with Crippen molar-refractivity contribution in [2.24, 2.45) is 0 Å². The average molecular weight is 418 g/mol.